The first-order valence-corrected chi connectivity index (χ1v) is 21.4. The molecule has 1 unspecified atom stereocenters. The van der Waals surface area contributed by atoms with Crippen LogP contribution in [0.4, 0.5) is 0 Å². The molecule has 1 atom stereocenters. The van der Waals surface area contributed by atoms with E-state index in [1.54, 1.807) is 0 Å². The van der Waals surface area contributed by atoms with E-state index in [0.717, 1.165) is 45.1 Å². The summed E-state index contributed by atoms with van der Waals surface area (Å²) < 4.78 is 25.6. The van der Waals surface area contributed by atoms with Crippen LogP contribution in [0.15, 0.2) is 48.6 Å². The Morgan fingerprint density at radius 1 is 0.543 bits per heavy atom. The van der Waals surface area contributed by atoms with Gasteiger partial charge in [0.05, 0.1) is 12.7 Å². The van der Waals surface area contributed by atoms with Gasteiger partial charge < -0.3 is 13.9 Å². The molecule has 0 aromatic rings. The molecule has 0 radical (unpaired) electrons. The van der Waals surface area contributed by atoms with Gasteiger partial charge in [0.15, 0.2) is 0 Å². The van der Waals surface area contributed by atoms with Crippen molar-refractivity contribution in [3.05, 3.63) is 48.6 Å². The Morgan fingerprint density at radius 3 is 1.33 bits per heavy atom. The largest absolute Gasteiger partial charge is 0.330 e. The standard InChI is InChI=1S/C41H78NO3P/c1-6-9-11-13-15-17-19-21-23-25-27-29-31-33-35-37-41(45-46(43,8-3)44-40-39-42(4)5)38-36-34-32-30-28-26-24-22-20-18-16-14-12-10-7-2/h13-16,19-22,41H,6-12,17-18,23-40H2,1-5H3/b15-13-,16-14-,21-19-,22-20-. The average Bonchev–Trinajstić information content (AvgIpc) is 3.04. The molecule has 0 saturated carbocycles. The Balaban J connectivity index is 4.27. The predicted molar refractivity (Wildman–Crippen MR) is 206 cm³/mol. The second-order valence-corrected chi connectivity index (χ2v) is 15.7. The SMILES string of the molecule is CCCC/C=C\C/C=C\CCCCCCCCC(CCCCCCCC/C=C\C/C=C\CCCC)OP(=O)(CC)OCCN(C)C. The zero-order chi connectivity index (χ0) is 33.8. The van der Waals surface area contributed by atoms with Crippen molar-refractivity contribution in [1.29, 1.82) is 0 Å². The number of likely N-dealkylation sites (N-methyl/N-ethyl adjacent to an activating group) is 1. The predicted octanol–water partition coefficient (Wildman–Crippen LogP) is 13.8. The van der Waals surface area contributed by atoms with E-state index in [2.05, 4.69) is 67.4 Å². The van der Waals surface area contributed by atoms with Gasteiger partial charge in [0.2, 0.25) is 0 Å². The molecule has 0 fully saturated rings. The Hall–Kier alpha value is -0.930. The lowest BCUT2D eigenvalue weighted by Gasteiger charge is -2.25. The lowest BCUT2D eigenvalue weighted by atomic mass is 10.0. The van der Waals surface area contributed by atoms with Crippen molar-refractivity contribution in [3.63, 3.8) is 0 Å². The second kappa shape index (κ2) is 35.4. The van der Waals surface area contributed by atoms with Crippen LogP contribution in [0.2, 0.25) is 0 Å². The van der Waals surface area contributed by atoms with Gasteiger partial charge in [-0.25, -0.2) is 0 Å². The first-order valence-electron chi connectivity index (χ1n) is 19.6. The highest BCUT2D eigenvalue weighted by atomic mass is 31.2. The van der Waals surface area contributed by atoms with Crippen LogP contribution in [0.1, 0.15) is 175 Å². The number of nitrogens with zero attached hydrogens (tertiary/aromatic N) is 1. The van der Waals surface area contributed by atoms with Crippen LogP contribution in [-0.4, -0.2) is 44.4 Å². The van der Waals surface area contributed by atoms with Crippen molar-refractivity contribution >= 4 is 7.60 Å². The zero-order valence-corrected chi connectivity index (χ0v) is 32.3. The smallest absolute Gasteiger partial charge is 0.307 e. The molecule has 5 heteroatoms. The van der Waals surface area contributed by atoms with Crippen molar-refractivity contribution in [2.75, 3.05) is 33.4 Å². The molecule has 0 aromatic carbocycles. The van der Waals surface area contributed by atoms with E-state index < -0.39 is 7.60 Å². The fourth-order valence-corrected chi connectivity index (χ4v) is 6.79. The lowest BCUT2D eigenvalue weighted by molar-refractivity contribution is 0.124. The van der Waals surface area contributed by atoms with Crippen LogP contribution in [-0.2, 0) is 13.6 Å². The number of hydrogen-bond acceptors (Lipinski definition) is 4. The van der Waals surface area contributed by atoms with Gasteiger partial charge in [0, 0.05) is 12.7 Å². The molecule has 0 rings (SSSR count). The molecule has 0 saturated heterocycles. The Bertz CT molecular complexity index is 743. The third kappa shape index (κ3) is 33.0. The van der Waals surface area contributed by atoms with Crippen LogP contribution >= 0.6 is 7.60 Å². The summed E-state index contributed by atoms with van der Waals surface area (Å²) >= 11 is 0. The van der Waals surface area contributed by atoms with E-state index in [9.17, 15) is 4.57 Å². The quantitative estimate of drug-likeness (QED) is 0.0384. The summed E-state index contributed by atoms with van der Waals surface area (Å²) in [6, 6.07) is 0. The van der Waals surface area contributed by atoms with Gasteiger partial charge in [-0.15, -0.1) is 0 Å². The summed E-state index contributed by atoms with van der Waals surface area (Å²) in [5, 5.41) is 0. The van der Waals surface area contributed by atoms with Crippen molar-refractivity contribution in [2.24, 2.45) is 0 Å². The minimum atomic E-state index is -3.04. The normalized spacial score (nSPS) is 14.0. The van der Waals surface area contributed by atoms with E-state index >= 15 is 0 Å². The fourth-order valence-electron chi connectivity index (χ4n) is 5.38. The van der Waals surface area contributed by atoms with Gasteiger partial charge in [-0.1, -0.05) is 159 Å². The third-order valence-corrected chi connectivity index (χ3v) is 10.4. The van der Waals surface area contributed by atoms with E-state index in [4.69, 9.17) is 9.05 Å². The Labute approximate surface area is 288 Å². The number of hydrogen-bond donors (Lipinski definition) is 0. The van der Waals surface area contributed by atoms with Gasteiger partial charge in [0.25, 0.3) is 0 Å². The summed E-state index contributed by atoms with van der Waals surface area (Å²) in [6.07, 6.45) is 48.4. The maximum atomic E-state index is 13.4. The van der Waals surface area contributed by atoms with Gasteiger partial charge in [-0.05, 0) is 78.3 Å². The van der Waals surface area contributed by atoms with E-state index in [0.29, 0.717) is 12.8 Å². The first-order chi connectivity index (χ1) is 22.5. The molecule has 270 valence electrons. The maximum absolute atomic E-state index is 13.4. The summed E-state index contributed by atoms with van der Waals surface area (Å²) in [7, 11) is 0.987. The van der Waals surface area contributed by atoms with Crippen LogP contribution in [0.25, 0.3) is 0 Å². The summed E-state index contributed by atoms with van der Waals surface area (Å²) in [6.45, 7) is 7.65. The average molecular weight is 664 g/mol. The molecule has 0 heterocycles. The first kappa shape index (κ1) is 45.1. The van der Waals surface area contributed by atoms with Gasteiger partial charge in [-0.2, -0.15) is 0 Å². The molecular formula is C41H78NO3P. The Morgan fingerprint density at radius 2 is 0.935 bits per heavy atom. The number of rotatable bonds is 35. The minimum Gasteiger partial charge on any atom is -0.307 e. The van der Waals surface area contributed by atoms with Crippen LogP contribution < -0.4 is 0 Å². The topological polar surface area (TPSA) is 38.8 Å². The van der Waals surface area contributed by atoms with Crippen molar-refractivity contribution in [3.8, 4) is 0 Å². The van der Waals surface area contributed by atoms with Crippen molar-refractivity contribution < 1.29 is 13.6 Å². The van der Waals surface area contributed by atoms with Crippen molar-refractivity contribution in [2.45, 2.75) is 181 Å². The molecule has 0 N–H and O–H groups in total. The second-order valence-electron chi connectivity index (χ2n) is 13.3. The molecule has 0 spiro atoms. The van der Waals surface area contributed by atoms with Crippen LogP contribution in [0.5, 0.6) is 0 Å². The monoisotopic (exact) mass is 664 g/mol. The zero-order valence-electron chi connectivity index (χ0n) is 31.4. The van der Waals surface area contributed by atoms with E-state index in [-0.39, 0.29) is 6.10 Å². The number of allylic oxidation sites excluding steroid dienone is 8. The van der Waals surface area contributed by atoms with Gasteiger partial charge in [-0.3, -0.25) is 4.57 Å². The molecule has 0 aromatic heterocycles. The van der Waals surface area contributed by atoms with Gasteiger partial charge >= 0.3 is 7.60 Å². The summed E-state index contributed by atoms with van der Waals surface area (Å²) in [5.74, 6) is 0. The van der Waals surface area contributed by atoms with Gasteiger partial charge in [0.1, 0.15) is 0 Å². The number of unbranched alkanes of at least 4 members (excludes halogenated alkanes) is 16. The van der Waals surface area contributed by atoms with Crippen molar-refractivity contribution in [1.82, 2.24) is 4.90 Å². The van der Waals surface area contributed by atoms with E-state index in [1.165, 1.54) is 116 Å². The third-order valence-electron chi connectivity index (χ3n) is 8.48. The maximum Gasteiger partial charge on any atom is 0.330 e. The van der Waals surface area contributed by atoms with Crippen LogP contribution in [0, 0.1) is 0 Å². The lowest BCUT2D eigenvalue weighted by Crippen LogP contribution is -2.19. The summed E-state index contributed by atoms with van der Waals surface area (Å²) in [5.41, 5.74) is 0. The fraction of sp³-hybridized carbons (Fsp3) is 0.805. The Kier molecular flexibility index (Phi) is 34.7. The molecule has 0 aliphatic rings. The van der Waals surface area contributed by atoms with Crippen LogP contribution in [0.3, 0.4) is 0 Å². The molecule has 0 aliphatic carbocycles. The highest BCUT2D eigenvalue weighted by Crippen LogP contribution is 2.50. The van der Waals surface area contributed by atoms with E-state index in [1.807, 2.05) is 21.0 Å². The highest BCUT2D eigenvalue weighted by molar-refractivity contribution is 7.53. The highest BCUT2D eigenvalue weighted by Gasteiger charge is 2.26. The summed E-state index contributed by atoms with van der Waals surface area (Å²) in [4.78, 5) is 2.06. The molecule has 0 aliphatic heterocycles. The minimum absolute atomic E-state index is 0.0486. The molecule has 4 nitrogen and oxygen atoms in total. The molecule has 0 amide bonds. The molecular weight excluding hydrogens is 585 g/mol. The molecule has 46 heavy (non-hydrogen) atoms. The molecule has 0 bridgehead atoms.